The molecule has 1 saturated carbocycles. The van der Waals surface area contributed by atoms with Crippen molar-refractivity contribution in [2.24, 2.45) is 5.41 Å². The monoisotopic (exact) mass is 168 g/mol. The Balaban J connectivity index is 2.12. The molecule has 2 unspecified atom stereocenters. The summed E-state index contributed by atoms with van der Waals surface area (Å²) in [6.07, 6.45) is 7.35. The molecule has 1 heteroatoms. The van der Waals surface area contributed by atoms with E-state index in [1.54, 1.807) is 0 Å². The van der Waals surface area contributed by atoms with Gasteiger partial charge in [0.1, 0.15) is 0 Å². The first-order valence-corrected chi connectivity index (χ1v) is 5.24. The quantitative estimate of drug-likeness (QED) is 0.506. The van der Waals surface area contributed by atoms with Crippen LogP contribution >= 0.6 is 0 Å². The molecule has 0 spiro atoms. The van der Waals surface area contributed by atoms with E-state index in [0.717, 1.165) is 0 Å². The Kier molecular flexibility index (Phi) is 1.76. The van der Waals surface area contributed by atoms with Crippen LogP contribution in [0.25, 0.3) is 0 Å². The largest absolute Gasteiger partial charge is 0.365 e. The van der Waals surface area contributed by atoms with Gasteiger partial charge in [-0.3, -0.25) is 0 Å². The standard InChI is InChI=1S/C11H20O/c1-10(2,3)11-8-6-4-5-7-9(11)12-11/h9H,4-8H2,1-3H3. The van der Waals surface area contributed by atoms with Crippen LogP contribution in [0.1, 0.15) is 52.9 Å². The highest BCUT2D eigenvalue weighted by molar-refractivity contribution is 5.10. The van der Waals surface area contributed by atoms with E-state index in [4.69, 9.17) is 4.74 Å². The number of hydrogen-bond donors (Lipinski definition) is 0. The summed E-state index contributed by atoms with van der Waals surface area (Å²) in [5, 5.41) is 0. The number of rotatable bonds is 0. The van der Waals surface area contributed by atoms with Crippen LogP contribution in [-0.2, 0) is 4.74 Å². The Labute approximate surface area is 75.5 Å². The van der Waals surface area contributed by atoms with Gasteiger partial charge in [-0.15, -0.1) is 0 Å². The normalized spacial score (nSPS) is 41.8. The maximum absolute atomic E-state index is 5.91. The van der Waals surface area contributed by atoms with E-state index in [9.17, 15) is 0 Å². The molecule has 1 saturated heterocycles. The molecule has 2 aliphatic rings. The Morgan fingerprint density at radius 2 is 1.92 bits per heavy atom. The molecule has 0 aromatic carbocycles. The first-order chi connectivity index (χ1) is 5.56. The van der Waals surface area contributed by atoms with Crippen LogP contribution in [0.5, 0.6) is 0 Å². The summed E-state index contributed by atoms with van der Waals surface area (Å²) in [4.78, 5) is 0. The van der Waals surface area contributed by atoms with Gasteiger partial charge in [-0.2, -0.15) is 0 Å². The lowest BCUT2D eigenvalue weighted by molar-refractivity contribution is 0.140. The van der Waals surface area contributed by atoms with E-state index in [-0.39, 0.29) is 5.60 Å². The second-order valence-corrected chi connectivity index (χ2v) is 5.35. The second kappa shape index (κ2) is 2.47. The van der Waals surface area contributed by atoms with Gasteiger partial charge in [0.25, 0.3) is 0 Å². The molecule has 2 rings (SSSR count). The third-order valence-electron chi connectivity index (χ3n) is 3.60. The average molecular weight is 168 g/mol. The highest BCUT2D eigenvalue weighted by Gasteiger charge is 2.62. The molecule has 1 aliphatic heterocycles. The fourth-order valence-electron chi connectivity index (χ4n) is 2.66. The first kappa shape index (κ1) is 8.55. The highest BCUT2D eigenvalue weighted by Crippen LogP contribution is 2.56. The smallest absolute Gasteiger partial charge is 0.0996 e. The molecular weight excluding hydrogens is 148 g/mol. The maximum Gasteiger partial charge on any atom is 0.0996 e. The van der Waals surface area contributed by atoms with Crippen LogP contribution in [0.3, 0.4) is 0 Å². The zero-order valence-electron chi connectivity index (χ0n) is 8.52. The van der Waals surface area contributed by atoms with Crippen molar-refractivity contribution in [2.75, 3.05) is 0 Å². The molecule has 2 fully saturated rings. The van der Waals surface area contributed by atoms with Crippen molar-refractivity contribution >= 4 is 0 Å². The van der Waals surface area contributed by atoms with Gasteiger partial charge in [0.15, 0.2) is 0 Å². The van der Waals surface area contributed by atoms with Gasteiger partial charge >= 0.3 is 0 Å². The lowest BCUT2D eigenvalue weighted by Crippen LogP contribution is -2.32. The van der Waals surface area contributed by atoms with Gasteiger partial charge < -0.3 is 4.74 Å². The summed E-state index contributed by atoms with van der Waals surface area (Å²) in [5.41, 5.74) is 0.617. The van der Waals surface area contributed by atoms with Crippen molar-refractivity contribution in [3.8, 4) is 0 Å². The summed E-state index contributed by atoms with van der Waals surface area (Å²) in [6.45, 7) is 6.95. The minimum absolute atomic E-state index is 0.267. The van der Waals surface area contributed by atoms with Crippen LogP contribution in [0.2, 0.25) is 0 Å². The van der Waals surface area contributed by atoms with Crippen molar-refractivity contribution in [1.82, 2.24) is 0 Å². The maximum atomic E-state index is 5.91. The lowest BCUT2D eigenvalue weighted by atomic mass is 9.76. The molecule has 1 aliphatic carbocycles. The van der Waals surface area contributed by atoms with Crippen molar-refractivity contribution in [2.45, 2.75) is 64.6 Å². The van der Waals surface area contributed by atoms with E-state index < -0.39 is 0 Å². The molecule has 0 bridgehead atoms. The van der Waals surface area contributed by atoms with Gasteiger partial charge in [0.2, 0.25) is 0 Å². The molecular formula is C11H20O. The van der Waals surface area contributed by atoms with Gasteiger partial charge in [-0.1, -0.05) is 40.0 Å². The van der Waals surface area contributed by atoms with E-state index in [2.05, 4.69) is 20.8 Å². The molecule has 0 aromatic heterocycles. The Morgan fingerprint density at radius 3 is 2.58 bits per heavy atom. The van der Waals surface area contributed by atoms with E-state index >= 15 is 0 Å². The zero-order chi connectivity index (χ0) is 8.82. The predicted octanol–water partition coefficient (Wildman–Crippen LogP) is 3.13. The molecule has 0 radical (unpaired) electrons. The molecule has 0 amide bonds. The van der Waals surface area contributed by atoms with Gasteiger partial charge in [-0.05, 0) is 18.3 Å². The van der Waals surface area contributed by atoms with Crippen LogP contribution in [0.15, 0.2) is 0 Å². The Bertz CT molecular complexity index is 180. The average Bonchev–Trinajstić information content (AvgIpc) is 2.55. The summed E-state index contributed by atoms with van der Waals surface area (Å²) in [6, 6.07) is 0. The number of epoxide rings is 1. The van der Waals surface area contributed by atoms with Gasteiger partial charge in [0, 0.05) is 0 Å². The van der Waals surface area contributed by atoms with Crippen molar-refractivity contribution in [1.29, 1.82) is 0 Å². The fourth-order valence-corrected chi connectivity index (χ4v) is 2.66. The third kappa shape index (κ3) is 1.10. The van der Waals surface area contributed by atoms with E-state index in [0.29, 0.717) is 11.5 Å². The highest BCUT2D eigenvalue weighted by atomic mass is 16.6. The fraction of sp³-hybridized carbons (Fsp3) is 1.00. The molecule has 0 aromatic rings. The third-order valence-corrected chi connectivity index (χ3v) is 3.60. The SMILES string of the molecule is CC(C)(C)C12CCCCCC1O2. The van der Waals surface area contributed by atoms with E-state index in [1.165, 1.54) is 32.1 Å². The molecule has 70 valence electrons. The number of ether oxygens (including phenoxy) is 1. The molecule has 0 N–H and O–H groups in total. The molecule has 1 heterocycles. The molecule has 2 atom stereocenters. The predicted molar refractivity (Wildman–Crippen MR) is 50.1 cm³/mol. The number of hydrogen-bond acceptors (Lipinski definition) is 1. The Morgan fingerprint density at radius 1 is 1.17 bits per heavy atom. The zero-order valence-corrected chi connectivity index (χ0v) is 8.52. The van der Waals surface area contributed by atoms with Gasteiger partial charge in [-0.25, -0.2) is 0 Å². The second-order valence-electron chi connectivity index (χ2n) is 5.35. The topological polar surface area (TPSA) is 12.5 Å². The minimum atomic E-state index is 0.267. The molecule has 1 nitrogen and oxygen atoms in total. The summed E-state index contributed by atoms with van der Waals surface area (Å²) in [5.74, 6) is 0. The van der Waals surface area contributed by atoms with Crippen LogP contribution < -0.4 is 0 Å². The van der Waals surface area contributed by atoms with E-state index in [1.807, 2.05) is 0 Å². The van der Waals surface area contributed by atoms with Crippen LogP contribution in [0, 0.1) is 5.41 Å². The van der Waals surface area contributed by atoms with Crippen LogP contribution in [0.4, 0.5) is 0 Å². The summed E-state index contributed by atoms with van der Waals surface area (Å²) in [7, 11) is 0. The van der Waals surface area contributed by atoms with Crippen molar-refractivity contribution in [3.05, 3.63) is 0 Å². The first-order valence-electron chi connectivity index (χ1n) is 5.24. The summed E-state index contributed by atoms with van der Waals surface area (Å²) >= 11 is 0. The van der Waals surface area contributed by atoms with Crippen LogP contribution in [-0.4, -0.2) is 11.7 Å². The number of fused-ring (bicyclic) bond motifs is 1. The van der Waals surface area contributed by atoms with Crippen molar-refractivity contribution in [3.63, 3.8) is 0 Å². The van der Waals surface area contributed by atoms with Gasteiger partial charge in [0.05, 0.1) is 11.7 Å². The van der Waals surface area contributed by atoms with Crippen molar-refractivity contribution < 1.29 is 4.74 Å². The minimum Gasteiger partial charge on any atom is -0.365 e. The lowest BCUT2D eigenvalue weighted by Gasteiger charge is -2.27. The Hall–Kier alpha value is -0.0400. The molecule has 12 heavy (non-hydrogen) atoms. The summed E-state index contributed by atoms with van der Waals surface area (Å²) < 4.78 is 5.91.